The molecule has 3 rings (SSSR count). The van der Waals surface area contributed by atoms with E-state index in [4.69, 9.17) is 5.73 Å². The molecule has 5 nitrogen and oxygen atoms in total. The first-order valence-corrected chi connectivity index (χ1v) is 8.06. The molecular formula is C21H18N2O3. The van der Waals surface area contributed by atoms with Gasteiger partial charge < -0.3 is 16.2 Å². The SMILES string of the molecule is NC(=O)c1cccc(NC(=O)C(O)(c2ccccc2)c2ccccc2)c1. The predicted molar refractivity (Wildman–Crippen MR) is 99.5 cm³/mol. The quantitative estimate of drug-likeness (QED) is 0.663. The van der Waals surface area contributed by atoms with Crippen molar-refractivity contribution >= 4 is 17.5 Å². The van der Waals surface area contributed by atoms with Crippen LogP contribution in [0, 0.1) is 0 Å². The molecule has 0 atom stereocenters. The molecule has 0 radical (unpaired) electrons. The van der Waals surface area contributed by atoms with Crippen LogP contribution >= 0.6 is 0 Å². The molecule has 4 N–H and O–H groups in total. The molecular weight excluding hydrogens is 328 g/mol. The highest BCUT2D eigenvalue weighted by Crippen LogP contribution is 2.31. The molecule has 130 valence electrons. The van der Waals surface area contributed by atoms with Crippen LogP contribution in [0.2, 0.25) is 0 Å². The lowest BCUT2D eigenvalue weighted by Gasteiger charge is -2.28. The van der Waals surface area contributed by atoms with Crippen LogP contribution in [0.1, 0.15) is 21.5 Å². The zero-order valence-electron chi connectivity index (χ0n) is 13.9. The molecule has 0 aromatic heterocycles. The van der Waals surface area contributed by atoms with Gasteiger partial charge in [-0.05, 0) is 29.3 Å². The maximum absolute atomic E-state index is 13.0. The molecule has 0 bridgehead atoms. The Morgan fingerprint density at radius 3 is 1.85 bits per heavy atom. The van der Waals surface area contributed by atoms with Crippen molar-refractivity contribution in [3.63, 3.8) is 0 Å². The third kappa shape index (κ3) is 3.34. The van der Waals surface area contributed by atoms with Crippen LogP contribution in [0.4, 0.5) is 5.69 Å². The summed E-state index contributed by atoms with van der Waals surface area (Å²) in [6.07, 6.45) is 0. The highest BCUT2D eigenvalue weighted by Gasteiger charge is 2.39. The fourth-order valence-electron chi connectivity index (χ4n) is 2.76. The Balaban J connectivity index is 2.01. The summed E-state index contributed by atoms with van der Waals surface area (Å²) in [5.41, 5.74) is 4.92. The minimum atomic E-state index is -1.88. The van der Waals surface area contributed by atoms with Crippen molar-refractivity contribution in [1.29, 1.82) is 0 Å². The molecule has 0 aliphatic carbocycles. The Kier molecular flexibility index (Phi) is 4.82. The monoisotopic (exact) mass is 346 g/mol. The smallest absolute Gasteiger partial charge is 0.265 e. The van der Waals surface area contributed by atoms with E-state index < -0.39 is 17.4 Å². The summed E-state index contributed by atoms with van der Waals surface area (Å²) < 4.78 is 0. The largest absolute Gasteiger partial charge is 0.372 e. The lowest BCUT2D eigenvalue weighted by atomic mass is 9.85. The second-order valence-corrected chi connectivity index (χ2v) is 5.84. The number of nitrogens with one attached hydrogen (secondary N) is 1. The second kappa shape index (κ2) is 7.21. The molecule has 0 unspecified atom stereocenters. The maximum Gasteiger partial charge on any atom is 0.265 e. The molecule has 0 aliphatic rings. The van der Waals surface area contributed by atoms with Gasteiger partial charge in [-0.1, -0.05) is 66.7 Å². The van der Waals surface area contributed by atoms with Gasteiger partial charge in [0.1, 0.15) is 0 Å². The second-order valence-electron chi connectivity index (χ2n) is 5.84. The molecule has 3 aromatic rings. The van der Waals surface area contributed by atoms with Crippen LogP contribution in [0.3, 0.4) is 0 Å². The van der Waals surface area contributed by atoms with Gasteiger partial charge in [-0.25, -0.2) is 0 Å². The number of aliphatic hydroxyl groups is 1. The molecule has 0 spiro atoms. The van der Waals surface area contributed by atoms with E-state index in [1.165, 1.54) is 6.07 Å². The van der Waals surface area contributed by atoms with Crippen LogP contribution in [0.15, 0.2) is 84.9 Å². The zero-order valence-corrected chi connectivity index (χ0v) is 13.9. The van der Waals surface area contributed by atoms with Crippen molar-refractivity contribution in [3.05, 3.63) is 102 Å². The Morgan fingerprint density at radius 2 is 1.35 bits per heavy atom. The number of hydrogen-bond acceptors (Lipinski definition) is 3. The number of anilines is 1. The summed E-state index contributed by atoms with van der Waals surface area (Å²) in [7, 11) is 0. The number of nitrogens with two attached hydrogens (primary N) is 1. The minimum absolute atomic E-state index is 0.269. The van der Waals surface area contributed by atoms with E-state index in [1.54, 1.807) is 66.7 Å². The van der Waals surface area contributed by atoms with E-state index >= 15 is 0 Å². The molecule has 3 aromatic carbocycles. The lowest BCUT2D eigenvalue weighted by molar-refractivity contribution is -0.131. The number of amides is 2. The Morgan fingerprint density at radius 1 is 0.808 bits per heavy atom. The molecule has 5 heteroatoms. The van der Waals surface area contributed by atoms with Crippen molar-refractivity contribution in [2.75, 3.05) is 5.32 Å². The van der Waals surface area contributed by atoms with Gasteiger partial charge in [-0.3, -0.25) is 9.59 Å². The van der Waals surface area contributed by atoms with Crippen LogP contribution in [-0.4, -0.2) is 16.9 Å². The van der Waals surface area contributed by atoms with E-state index in [9.17, 15) is 14.7 Å². The summed E-state index contributed by atoms with van der Waals surface area (Å²) >= 11 is 0. The van der Waals surface area contributed by atoms with E-state index in [1.807, 2.05) is 12.1 Å². The summed E-state index contributed by atoms with van der Waals surface area (Å²) in [5.74, 6) is -1.22. The van der Waals surface area contributed by atoms with E-state index in [-0.39, 0.29) is 5.56 Å². The lowest BCUT2D eigenvalue weighted by Crippen LogP contribution is -2.41. The number of hydrogen-bond donors (Lipinski definition) is 3. The first-order chi connectivity index (χ1) is 12.5. The van der Waals surface area contributed by atoms with Gasteiger partial charge in [-0.2, -0.15) is 0 Å². The standard InChI is InChI=1S/C21H18N2O3/c22-19(24)15-8-7-13-18(14-15)23-20(25)21(26,16-9-3-1-4-10-16)17-11-5-2-6-12-17/h1-14,26H,(H2,22,24)(H,23,25). The van der Waals surface area contributed by atoms with Crippen molar-refractivity contribution in [3.8, 4) is 0 Å². The highest BCUT2D eigenvalue weighted by molar-refractivity contribution is 6.01. The molecule has 2 amide bonds. The Bertz CT molecular complexity index is 885. The number of carbonyl (C=O) groups is 2. The molecule has 26 heavy (non-hydrogen) atoms. The van der Waals surface area contributed by atoms with E-state index in [0.29, 0.717) is 16.8 Å². The van der Waals surface area contributed by atoms with Crippen molar-refractivity contribution in [1.82, 2.24) is 0 Å². The zero-order chi connectivity index (χ0) is 18.6. The highest BCUT2D eigenvalue weighted by atomic mass is 16.3. The molecule has 0 fully saturated rings. The van der Waals surface area contributed by atoms with Crippen molar-refractivity contribution in [2.45, 2.75) is 5.60 Å². The van der Waals surface area contributed by atoms with Gasteiger partial charge in [0.2, 0.25) is 5.91 Å². The maximum atomic E-state index is 13.0. The summed E-state index contributed by atoms with van der Waals surface area (Å²) in [5, 5.41) is 14.0. The van der Waals surface area contributed by atoms with Crippen molar-refractivity contribution in [2.24, 2.45) is 5.73 Å². The van der Waals surface area contributed by atoms with Crippen LogP contribution in [0.25, 0.3) is 0 Å². The van der Waals surface area contributed by atoms with Crippen LogP contribution < -0.4 is 11.1 Å². The summed E-state index contributed by atoms with van der Waals surface area (Å²) in [6, 6.07) is 23.6. The number of benzene rings is 3. The van der Waals surface area contributed by atoms with Gasteiger partial charge >= 0.3 is 0 Å². The average Bonchev–Trinajstić information content (AvgIpc) is 2.68. The Labute approximate surface area is 151 Å². The predicted octanol–water partition coefficient (Wildman–Crippen LogP) is 2.66. The van der Waals surface area contributed by atoms with Gasteiger partial charge in [0.05, 0.1) is 0 Å². The average molecular weight is 346 g/mol. The van der Waals surface area contributed by atoms with Gasteiger partial charge in [-0.15, -0.1) is 0 Å². The molecule has 0 saturated carbocycles. The van der Waals surface area contributed by atoms with E-state index in [2.05, 4.69) is 5.32 Å². The van der Waals surface area contributed by atoms with E-state index in [0.717, 1.165) is 0 Å². The van der Waals surface area contributed by atoms with Crippen molar-refractivity contribution < 1.29 is 14.7 Å². The number of primary amides is 1. The fraction of sp³-hybridized carbons (Fsp3) is 0.0476. The number of rotatable bonds is 5. The third-order valence-corrected chi connectivity index (χ3v) is 4.12. The normalized spacial score (nSPS) is 11.0. The van der Waals surface area contributed by atoms with Crippen LogP contribution in [-0.2, 0) is 10.4 Å². The third-order valence-electron chi connectivity index (χ3n) is 4.12. The fourth-order valence-corrected chi connectivity index (χ4v) is 2.76. The molecule has 0 aliphatic heterocycles. The van der Waals surface area contributed by atoms with Crippen LogP contribution in [0.5, 0.6) is 0 Å². The molecule has 0 saturated heterocycles. The minimum Gasteiger partial charge on any atom is -0.372 e. The summed E-state index contributed by atoms with van der Waals surface area (Å²) in [6.45, 7) is 0. The summed E-state index contributed by atoms with van der Waals surface area (Å²) in [4.78, 5) is 24.4. The van der Waals surface area contributed by atoms with Gasteiger partial charge in [0.15, 0.2) is 5.60 Å². The molecule has 0 heterocycles. The Hall–Kier alpha value is -3.44. The van der Waals surface area contributed by atoms with Gasteiger partial charge in [0.25, 0.3) is 5.91 Å². The topological polar surface area (TPSA) is 92.4 Å². The first-order valence-electron chi connectivity index (χ1n) is 8.06. The first kappa shape index (κ1) is 17.4. The number of carbonyl (C=O) groups excluding carboxylic acids is 2. The van der Waals surface area contributed by atoms with Gasteiger partial charge in [0, 0.05) is 11.3 Å².